The van der Waals surface area contributed by atoms with Gasteiger partial charge in [0, 0.05) is 21.5 Å². The summed E-state index contributed by atoms with van der Waals surface area (Å²) in [7, 11) is 0. The smallest absolute Gasteiger partial charge is 0.197 e. The van der Waals surface area contributed by atoms with E-state index in [1.807, 2.05) is 128 Å². The topological polar surface area (TPSA) is 94.3 Å². The Morgan fingerprint density at radius 1 is 0.347 bits per heavy atom. The first-order valence-corrected chi connectivity index (χ1v) is 24.0. The van der Waals surface area contributed by atoms with E-state index in [0.29, 0.717) is 50.6 Å². The fourth-order valence-corrected chi connectivity index (χ4v) is 10.4. The van der Waals surface area contributed by atoms with Crippen LogP contribution in [0.2, 0.25) is 0 Å². The molecule has 0 N–H and O–H groups in total. The van der Waals surface area contributed by atoms with Gasteiger partial charge in [-0.2, -0.15) is 15.8 Å². The van der Waals surface area contributed by atoms with Gasteiger partial charge in [0.2, 0.25) is 0 Å². The van der Waals surface area contributed by atoms with Gasteiger partial charge in [0.15, 0.2) is 17.1 Å². The Labute approximate surface area is 432 Å². The lowest BCUT2D eigenvalue weighted by molar-refractivity contribution is 1.10. The Morgan fingerprint density at radius 2 is 0.707 bits per heavy atom. The van der Waals surface area contributed by atoms with Crippen molar-refractivity contribution in [1.82, 2.24) is 9.13 Å². The van der Waals surface area contributed by atoms with Crippen LogP contribution in [0.4, 0.5) is 17.1 Å². The van der Waals surface area contributed by atoms with E-state index in [9.17, 15) is 15.8 Å². The van der Waals surface area contributed by atoms with Crippen LogP contribution in [-0.4, -0.2) is 9.13 Å². The first kappa shape index (κ1) is 44.9. The van der Waals surface area contributed by atoms with Crippen molar-refractivity contribution in [2.45, 2.75) is 6.92 Å². The molecule has 0 spiro atoms. The minimum absolute atomic E-state index is 0.359. The van der Waals surface area contributed by atoms with Gasteiger partial charge in [-0.3, -0.25) is 0 Å². The number of fused-ring (bicyclic) bond motifs is 6. The lowest BCUT2D eigenvalue weighted by Gasteiger charge is -2.21. The molecular formula is C67H36N8. The Bertz CT molecular complexity index is 4400. The zero-order valence-electron chi connectivity index (χ0n) is 40.1. The van der Waals surface area contributed by atoms with Gasteiger partial charge < -0.3 is 9.13 Å². The van der Waals surface area contributed by atoms with Crippen molar-refractivity contribution in [2.75, 3.05) is 0 Å². The monoisotopic (exact) mass is 952 g/mol. The molecule has 12 aromatic rings. The van der Waals surface area contributed by atoms with E-state index in [0.717, 1.165) is 99.4 Å². The molecule has 0 amide bonds. The van der Waals surface area contributed by atoms with Crippen LogP contribution in [0.25, 0.3) is 125 Å². The van der Waals surface area contributed by atoms with Gasteiger partial charge in [0.05, 0.1) is 88.1 Å². The van der Waals surface area contributed by atoms with Crippen LogP contribution < -0.4 is 0 Å². The molecule has 2 heterocycles. The number of nitrogens with zero attached hydrogens (tertiary/aromatic N) is 8. The SMILES string of the molecule is [C-]#[N+]c1ccc(-c2ccc3c4ccc(-c5ccc(C#N)cc5)cc4n(-c4cc([N+]#[C-])c(-c5ccc(C)cc5C#N)cc4-n4c5cc(-c6ccc(C#N)cc6)ccc5c5ccc(-c6ccc([N+]#[C-])cc6)cc54)c3c2)cc1. The average Bonchev–Trinajstić information content (AvgIpc) is 4.06. The quantitative estimate of drug-likeness (QED) is 0.149. The molecule has 8 heteroatoms. The molecule has 0 atom stereocenters. The Hall–Kier alpha value is -11.3. The molecule has 10 aromatic carbocycles. The molecule has 0 bridgehead atoms. The van der Waals surface area contributed by atoms with E-state index in [1.165, 1.54) is 0 Å². The van der Waals surface area contributed by atoms with Gasteiger partial charge in [-0.25, -0.2) is 14.5 Å². The van der Waals surface area contributed by atoms with E-state index < -0.39 is 0 Å². The second-order valence-electron chi connectivity index (χ2n) is 18.4. The lowest BCUT2D eigenvalue weighted by Crippen LogP contribution is -2.05. The summed E-state index contributed by atoms with van der Waals surface area (Å²) in [6.07, 6.45) is 0. The van der Waals surface area contributed by atoms with Crippen LogP contribution in [0, 0.1) is 60.6 Å². The summed E-state index contributed by atoms with van der Waals surface area (Å²) in [6, 6.07) is 72.7. The van der Waals surface area contributed by atoms with Crippen molar-refractivity contribution in [3.05, 3.63) is 257 Å². The van der Waals surface area contributed by atoms with Crippen LogP contribution in [0.1, 0.15) is 22.3 Å². The van der Waals surface area contributed by atoms with E-state index in [2.05, 4.69) is 121 Å². The van der Waals surface area contributed by atoms with Crippen LogP contribution in [0.15, 0.2) is 200 Å². The predicted molar refractivity (Wildman–Crippen MR) is 300 cm³/mol. The van der Waals surface area contributed by atoms with Gasteiger partial charge >= 0.3 is 0 Å². The molecule has 344 valence electrons. The Kier molecular flexibility index (Phi) is 10.9. The Balaban J connectivity index is 1.25. The molecule has 0 aliphatic heterocycles. The maximum Gasteiger partial charge on any atom is 0.197 e. The van der Waals surface area contributed by atoms with E-state index in [-0.39, 0.29) is 0 Å². The number of hydrogen-bond donors (Lipinski definition) is 0. The van der Waals surface area contributed by atoms with Crippen molar-refractivity contribution in [2.24, 2.45) is 0 Å². The molecule has 0 aliphatic rings. The molecule has 0 saturated heterocycles. The number of hydrogen-bond acceptors (Lipinski definition) is 3. The molecule has 0 aliphatic carbocycles. The maximum absolute atomic E-state index is 10.7. The number of benzene rings is 10. The summed E-state index contributed by atoms with van der Waals surface area (Å²) in [5.74, 6) is 0. The molecule has 0 unspecified atom stereocenters. The number of aromatic nitrogens is 2. The lowest BCUT2D eigenvalue weighted by atomic mass is 9.95. The third-order valence-corrected chi connectivity index (χ3v) is 14.2. The third-order valence-electron chi connectivity index (χ3n) is 14.2. The van der Waals surface area contributed by atoms with Gasteiger partial charge in [-0.15, -0.1) is 0 Å². The number of aryl methyl sites for hydroxylation is 1. The van der Waals surface area contributed by atoms with Crippen molar-refractivity contribution in [3.8, 4) is 85.2 Å². The zero-order valence-corrected chi connectivity index (χ0v) is 40.1. The first-order valence-electron chi connectivity index (χ1n) is 24.0. The van der Waals surface area contributed by atoms with Gasteiger partial charge in [0.1, 0.15) is 0 Å². The van der Waals surface area contributed by atoms with Crippen molar-refractivity contribution < 1.29 is 0 Å². The van der Waals surface area contributed by atoms with Gasteiger partial charge in [0.25, 0.3) is 0 Å². The average molecular weight is 953 g/mol. The summed E-state index contributed by atoms with van der Waals surface area (Å²) in [4.78, 5) is 11.5. The summed E-state index contributed by atoms with van der Waals surface area (Å²) in [6.45, 7) is 26.1. The summed E-state index contributed by atoms with van der Waals surface area (Å²) < 4.78 is 4.52. The highest BCUT2D eigenvalue weighted by atomic mass is 15.1. The zero-order chi connectivity index (χ0) is 51.3. The summed E-state index contributed by atoms with van der Waals surface area (Å²) >= 11 is 0. The van der Waals surface area contributed by atoms with Crippen LogP contribution in [-0.2, 0) is 0 Å². The fraction of sp³-hybridized carbons (Fsp3) is 0.0149. The number of nitriles is 3. The summed E-state index contributed by atoms with van der Waals surface area (Å²) in [5.41, 5.74) is 17.7. The van der Waals surface area contributed by atoms with E-state index >= 15 is 0 Å². The van der Waals surface area contributed by atoms with E-state index in [4.69, 9.17) is 19.7 Å². The highest BCUT2D eigenvalue weighted by Gasteiger charge is 2.25. The minimum Gasteiger partial charge on any atom is -0.308 e. The second-order valence-corrected chi connectivity index (χ2v) is 18.4. The molecule has 0 fully saturated rings. The molecule has 2 aromatic heterocycles. The second kappa shape index (κ2) is 18.2. The van der Waals surface area contributed by atoms with Gasteiger partial charge in [-0.05, 0) is 135 Å². The molecule has 12 rings (SSSR count). The minimum atomic E-state index is 0.359. The van der Waals surface area contributed by atoms with E-state index in [1.54, 1.807) is 0 Å². The van der Waals surface area contributed by atoms with Crippen molar-refractivity contribution in [3.63, 3.8) is 0 Å². The molecule has 0 radical (unpaired) electrons. The standard InChI is InChI=1S/C67H36N8/c1-41-5-26-55(52(31-41)40-70)60-36-66(74-62-32-48(44-10-6-42(38-68)7-11-44)18-27-56(62)57-29-20-50(34-63(57)74)46-14-22-53(71-2)23-15-46)67(37-61(60)73-4)75-64-33-49(45-12-8-43(39-69)9-13-45)19-28-58(64)59-30-21-51(35-65(59)75)47-16-24-54(72-3)25-17-47/h5-37H,1H3. The van der Waals surface area contributed by atoms with Crippen LogP contribution in [0.3, 0.4) is 0 Å². The van der Waals surface area contributed by atoms with Crippen LogP contribution >= 0.6 is 0 Å². The summed E-state index contributed by atoms with van der Waals surface area (Å²) in [5, 5.41) is 34.0. The van der Waals surface area contributed by atoms with Crippen molar-refractivity contribution in [1.29, 1.82) is 15.8 Å². The highest BCUT2D eigenvalue weighted by molar-refractivity contribution is 6.14. The van der Waals surface area contributed by atoms with Gasteiger partial charge in [-0.1, -0.05) is 133 Å². The maximum atomic E-state index is 10.7. The third kappa shape index (κ3) is 7.67. The number of rotatable bonds is 7. The fourth-order valence-electron chi connectivity index (χ4n) is 10.4. The first-order chi connectivity index (χ1) is 36.8. The highest BCUT2D eigenvalue weighted by Crippen LogP contribution is 2.46. The predicted octanol–water partition coefficient (Wildman–Crippen LogP) is 17.8. The Morgan fingerprint density at radius 3 is 1.05 bits per heavy atom. The van der Waals surface area contributed by atoms with Crippen molar-refractivity contribution >= 4 is 60.7 Å². The largest absolute Gasteiger partial charge is 0.308 e. The molecule has 8 nitrogen and oxygen atoms in total. The molecule has 0 saturated carbocycles. The molecule has 75 heavy (non-hydrogen) atoms. The normalized spacial score (nSPS) is 10.9. The van der Waals surface area contributed by atoms with Crippen LogP contribution in [0.5, 0.6) is 0 Å². The molecular weight excluding hydrogens is 917 g/mol.